The zero-order valence-corrected chi connectivity index (χ0v) is 7.63. The molecule has 0 saturated carbocycles. The smallest absolute Gasteiger partial charge is 0.0654 e. The molecule has 0 atom stereocenters. The minimum atomic E-state index is 0.934. The fourth-order valence-corrected chi connectivity index (χ4v) is 1.78. The molecule has 0 aromatic heterocycles. The summed E-state index contributed by atoms with van der Waals surface area (Å²) < 4.78 is 1.15. The number of nitrogens with zero attached hydrogens (tertiary/aromatic N) is 1. The molecule has 56 valence electrons. The standard InChI is InChI=1S/C9H8BrN/c10-8-4-1-5-9-7(8)3-2-6-11-9/h1,3-5H,2,6H2. The lowest BCUT2D eigenvalue weighted by Crippen LogP contribution is -2.28. The van der Waals surface area contributed by atoms with Gasteiger partial charge in [-0.25, -0.2) is 0 Å². The quantitative estimate of drug-likeness (QED) is 0.611. The van der Waals surface area contributed by atoms with Gasteiger partial charge in [0.05, 0.1) is 5.36 Å². The van der Waals surface area contributed by atoms with Crippen LogP contribution in [0.1, 0.15) is 6.42 Å². The SMILES string of the molecule is Brc1cccc2c1=CCCN=2. The highest BCUT2D eigenvalue weighted by Crippen LogP contribution is 2.00. The van der Waals surface area contributed by atoms with Crippen molar-refractivity contribution in [2.24, 2.45) is 4.99 Å². The second-order valence-electron chi connectivity index (χ2n) is 2.55. The molecule has 1 aromatic carbocycles. The van der Waals surface area contributed by atoms with Crippen molar-refractivity contribution < 1.29 is 0 Å². The average Bonchev–Trinajstić information content (AvgIpc) is 2.06. The Kier molecular flexibility index (Phi) is 1.78. The molecule has 1 aromatic rings. The van der Waals surface area contributed by atoms with E-state index in [1.807, 2.05) is 6.07 Å². The Morgan fingerprint density at radius 3 is 3.09 bits per heavy atom. The molecule has 2 heteroatoms. The third-order valence-corrected chi connectivity index (χ3v) is 2.48. The highest BCUT2D eigenvalue weighted by atomic mass is 79.9. The topological polar surface area (TPSA) is 12.4 Å². The van der Waals surface area contributed by atoms with Crippen LogP contribution in [-0.4, -0.2) is 6.54 Å². The molecule has 0 fully saturated rings. The molecule has 0 N–H and O–H groups in total. The molecule has 0 unspecified atom stereocenters. The van der Waals surface area contributed by atoms with Crippen LogP contribution in [0.2, 0.25) is 0 Å². The molecular formula is C9H8BrN. The maximum Gasteiger partial charge on any atom is 0.0654 e. The normalized spacial score (nSPS) is 14.6. The highest BCUT2D eigenvalue weighted by molar-refractivity contribution is 9.10. The Labute approximate surface area is 73.6 Å². The molecule has 1 aliphatic rings. The van der Waals surface area contributed by atoms with E-state index in [-0.39, 0.29) is 0 Å². The molecule has 0 bridgehead atoms. The van der Waals surface area contributed by atoms with Crippen LogP contribution in [0, 0.1) is 0 Å². The Bertz CT molecular complexity index is 381. The summed E-state index contributed by atoms with van der Waals surface area (Å²) in [7, 11) is 0. The van der Waals surface area contributed by atoms with E-state index in [0.29, 0.717) is 0 Å². The average molecular weight is 210 g/mol. The van der Waals surface area contributed by atoms with Gasteiger partial charge in [0.25, 0.3) is 0 Å². The van der Waals surface area contributed by atoms with Gasteiger partial charge in [0.1, 0.15) is 0 Å². The lowest BCUT2D eigenvalue weighted by Gasteiger charge is -1.99. The van der Waals surface area contributed by atoms with Crippen LogP contribution in [0.5, 0.6) is 0 Å². The molecule has 1 heterocycles. The van der Waals surface area contributed by atoms with Gasteiger partial charge in [0.2, 0.25) is 0 Å². The Morgan fingerprint density at radius 2 is 2.27 bits per heavy atom. The predicted molar refractivity (Wildman–Crippen MR) is 48.9 cm³/mol. The fourth-order valence-electron chi connectivity index (χ4n) is 1.26. The van der Waals surface area contributed by atoms with E-state index in [2.05, 4.69) is 39.1 Å². The number of hydrogen-bond donors (Lipinski definition) is 0. The second kappa shape index (κ2) is 2.78. The van der Waals surface area contributed by atoms with Crippen LogP contribution in [0.4, 0.5) is 0 Å². The molecule has 0 saturated heterocycles. The first-order chi connectivity index (χ1) is 5.38. The van der Waals surface area contributed by atoms with Crippen LogP contribution >= 0.6 is 15.9 Å². The van der Waals surface area contributed by atoms with Crippen molar-refractivity contribution in [3.05, 3.63) is 33.2 Å². The van der Waals surface area contributed by atoms with E-state index in [0.717, 1.165) is 22.8 Å². The zero-order chi connectivity index (χ0) is 7.68. The van der Waals surface area contributed by atoms with Gasteiger partial charge < -0.3 is 0 Å². The van der Waals surface area contributed by atoms with Crippen LogP contribution in [0.15, 0.2) is 27.7 Å². The summed E-state index contributed by atoms with van der Waals surface area (Å²) >= 11 is 3.49. The highest BCUT2D eigenvalue weighted by Gasteiger charge is 1.96. The monoisotopic (exact) mass is 209 g/mol. The summed E-state index contributed by atoms with van der Waals surface area (Å²) in [6.07, 6.45) is 3.29. The van der Waals surface area contributed by atoms with E-state index >= 15 is 0 Å². The van der Waals surface area contributed by atoms with E-state index in [1.165, 1.54) is 5.22 Å². The number of fused-ring (bicyclic) bond motifs is 1. The molecule has 0 aliphatic carbocycles. The summed E-state index contributed by atoms with van der Waals surface area (Å²) in [5.74, 6) is 0. The number of hydrogen-bond acceptors (Lipinski definition) is 1. The fraction of sp³-hybridized carbons (Fsp3) is 0.222. The van der Waals surface area contributed by atoms with Crippen LogP contribution in [-0.2, 0) is 0 Å². The molecule has 0 amide bonds. The van der Waals surface area contributed by atoms with Crippen molar-refractivity contribution in [3.63, 3.8) is 0 Å². The zero-order valence-electron chi connectivity index (χ0n) is 6.05. The van der Waals surface area contributed by atoms with Gasteiger partial charge in [-0.1, -0.05) is 28.1 Å². The van der Waals surface area contributed by atoms with Gasteiger partial charge in [-0.3, -0.25) is 4.99 Å². The summed E-state index contributed by atoms with van der Waals surface area (Å²) in [5.41, 5.74) is 0. The second-order valence-corrected chi connectivity index (χ2v) is 3.40. The lowest BCUT2D eigenvalue weighted by molar-refractivity contribution is 0.958. The Balaban J connectivity index is 2.88. The van der Waals surface area contributed by atoms with Crippen molar-refractivity contribution >= 4 is 22.0 Å². The minimum Gasteiger partial charge on any atom is -0.284 e. The van der Waals surface area contributed by atoms with Crippen molar-refractivity contribution in [1.82, 2.24) is 0 Å². The lowest BCUT2D eigenvalue weighted by atomic mass is 10.2. The summed E-state index contributed by atoms with van der Waals surface area (Å²) in [4.78, 5) is 4.39. The first-order valence-electron chi connectivity index (χ1n) is 3.67. The van der Waals surface area contributed by atoms with Crippen molar-refractivity contribution in [3.8, 4) is 0 Å². The van der Waals surface area contributed by atoms with Gasteiger partial charge in [0.15, 0.2) is 0 Å². The first-order valence-corrected chi connectivity index (χ1v) is 4.46. The minimum absolute atomic E-state index is 0.934. The van der Waals surface area contributed by atoms with Gasteiger partial charge in [-0.15, -0.1) is 0 Å². The van der Waals surface area contributed by atoms with Crippen molar-refractivity contribution in [1.29, 1.82) is 0 Å². The maximum absolute atomic E-state index is 4.39. The number of rotatable bonds is 0. The predicted octanol–water partition coefficient (Wildman–Crippen LogP) is 1.25. The maximum atomic E-state index is 4.39. The third kappa shape index (κ3) is 1.23. The van der Waals surface area contributed by atoms with E-state index in [9.17, 15) is 0 Å². The van der Waals surface area contributed by atoms with Gasteiger partial charge in [-0.2, -0.15) is 0 Å². The van der Waals surface area contributed by atoms with Gasteiger partial charge >= 0.3 is 0 Å². The molecule has 0 spiro atoms. The van der Waals surface area contributed by atoms with E-state index < -0.39 is 0 Å². The number of benzene rings is 1. The Morgan fingerprint density at radius 1 is 1.36 bits per heavy atom. The largest absolute Gasteiger partial charge is 0.284 e. The van der Waals surface area contributed by atoms with Crippen molar-refractivity contribution in [2.45, 2.75) is 6.42 Å². The summed E-state index contributed by atoms with van der Waals surface area (Å²) in [6, 6.07) is 6.12. The van der Waals surface area contributed by atoms with Gasteiger partial charge in [-0.05, 0) is 18.6 Å². The summed E-state index contributed by atoms with van der Waals surface area (Å²) in [5, 5.41) is 2.37. The molecule has 1 aliphatic heterocycles. The van der Waals surface area contributed by atoms with Crippen LogP contribution in [0.25, 0.3) is 6.08 Å². The van der Waals surface area contributed by atoms with Gasteiger partial charge in [0, 0.05) is 16.2 Å². The number of halogens is 1. The third-order valence-electron chi connectivity index (χ3n) is 1.79. The van der Waals surface area contributed by atoms with Crippen LogP contribution < -0.4 is 10.6 Å². The van der Waals surface area contributed by atoms with Crippen molar-refractivity contribution in [2.75, 3.05) is 6.54 Å². The first kappa shape index (κ1) is 7.04. The Hall–Kier alpha value is -0.630. The molecule has 0 radical (unpaired) electrons. The molecule has 1 nitrogen and oxygen atoms in total. The summed E-state index contributed by atoms with van der Waals surface area (Å²) in [6.45, 7) is 0.934. The molecule has 2 rings (SSSR count). The van der Waals surface area contributed by atoms with E-state index in [4.69, 9.17) is 0 Å². The molecule has 11 heavy (non-hydrogen) atoms. The van der Waals surface area contributed by atoms with E-state index in [1.54, 1.807) is 0 Å². The van der Waals surface area contributed by atoms with Crippen LogP contribution in [0.3, 0.4) is 0 Å². The molecular weight excluding hydrogens is 202 g/mol.